The molecule has 1 amide bonds. The van der Waals surface area contributed by atoms with E-state index in [1.54, 1.807) is 24.5 Å². The number of imidazole rings is 1. The molecule has 0 bridgehead atoms. The number of nitrogens with two attached hydrogens (primary N) is 1. The lowest BCUT2D eigenvalue weighted by Gasteiger charge is -2.17. The first-order valence-electron chi connectivity index (χ1n) is 5.98. The maximum Gasteiger partial charge on any atom is 0.242 e. The number of nitrogens with zero attached hydrogens (tertiary/aromatic N) is 5. The molecule has 2 aromatic heterocycles. The van der Waals surface area contributed by atoms with Gasteiger partial charge in [0.15, 0.2) is 11.4 Å². The van der Waals surface area contributed by atoms with Crippen molar-refractivity contribution in [1.82, 2.24) is 14.5 Å². The molecule has 7 nitrogen and oxygen atoms in total. The summed E-state index contributed by atoms with van der Waals surface area (Å²) in [5.74, 6) is -0.230. The molecule has 2 rings (SSSR count). The second kappa shape index (κ2) is 6.07. The summed E-state index contributed by atoms with van der Waals surface area (Å²) in [6.45, 7) is 0.355. The van der Waals surface area contributed by atoms with Gasteiger partial charge < -0.3 is 10.6 Å². The third kappa shape index (κ3) is 3.02. The van der Waals surface area contributed by atoms with E-state index in [9.17, 15) is 4.79 Å². The van der Waals surface area contributed by atoms with Gasteiger partial charge in [0.05, 0.1) is 0 Å². The van der Waals surface area contributed by atoms with Crippen LogP contribution in [0.5, 0.6) is 0 Å². The minimum Gasteiger partial charge on any atom is -0.369 e. The van der Waals surface area contributed by atoms with Gasteiger partial charge in [-0.15, -0.1) is 0 Å². The number of nitriles is 2. The van der Waals surface area contributed by atoms with E-state index in [0.717, 1.165) is 5.56 Å². The van der Waals surface area contributed by atoms with Crippen LogP contribution in [-0.2, 0) is 17.9 Å². The molecule has 0 atom stereocenters. The van der Waals surface area contributed by atoms with Crippen LogP contribution in [0.1, 0.15) is 17.0 Å². The number of carbonyl (C=O) groups is 1. The van der Waals surface area contributed by atoms with E-state index < -0.39 is 0 Å². The number of aromatic nitrogens is 2. The van der Waals surface area contributed by atoms with E-state index in [1.807, 2.05) is 22.9 Å². The van der Waals surface area contributed by atoms with Crippen molar-refractivity contribution < 1.29 is 4.79 Å². The van der Waals surface area contributed by atoms with E-state index in [4.69, 9.17) is 16.3 Å². The molecule has 0 aliphatic carbocycles. The summed E-state index contributed by atoms with van der Waals surface area (Å²) in [7, 11) is 1.67. The highest BCUT2D eigenvalue weighted by Gasteiger charge is 2.19. The average Bonchev–Trinajstić information content (AvgIpc) is 3.07. The highest BCUT2D eigenvalue weighted by molar-refractivity contribution is 7.07. The normalized spacial score (nSPS) is 9.86. The number of rotatable bonds is 4. The van der Waals surface area contributed by atoms with E-state index in [0.29, 0.717) is 6.54 Å². The number of nitrogen functional groups attached to an aromatic ring is 1. The van der Waals surface area contributed by atoms with Crippen LogP contribution in [0.15, 0.2) is 16.8 Å². The maximum atomic E-state index is 12.2. The lowest BCUT2D eigenvalue weighted by atomic mass is 10.3. The molecule has 2 N–H and O–H groups in total. The third-order valence-corrected chi connectivity index (χ3v) is 3.66. The third-order valence-electron chi connectivity index (χ3n) is 2.93. The van der Waals surface area contributed by atoms with Gasteiger partial charge in [-0.1, -0.05) is 0 Å². The number of amides is 1. The summed E-state index contributed by atoms with van der Waals surface area (Å²) in [4.78, 5) is 17.5. The summed E-state index contributed by atoms with van der Waals surface area (Å²) in [5.41, 5.74) is 6.63. The van der Waals surface area contributed by atoms with Crippen molar-refractivity contribution in [1.29, 1.82) is 10.5 Å². The zero-order valence-corrected chi connectivity index (χ0v) is 12.1. The van der Waals surface area contributed by atoms with Crippen molar-refractivity contribution >= 4 is 23.2 Å². The van der Waals surface area contributed by atoms with Gasteiger partial charge in [0.1, 0.15) is 18.7 Å². The Bertz CT molecular complexity index is 734. The fraction of sp³-hybridized carbons (Fsp3) is 0.231. The highest BCUT2D eigenvalue weighted by Crippen LogP contribution is 2.14. The number of thiophene rings is 1. The summed E-state index contributed by atoms with van der Waals surface area (Å²) in [5, 5.41) is 21.8. The Morgan fingerprint density at radius 3 is 2.86 bits per heavy atom. The number of carbonyl (C=O) groups excluding carboxylic acids is 1. The first kappa shape index (κ1) is 14.6. The Morgan fingerprint density at radius 2 is 2.29 bits per heavy atom. The van der Waals surface area contributed by atoms with Crippen molar-refractivity contribution in [2.45, 2.75) is 13.1 Å². The summed E-state index contributed by atoms with van der Waals surface area (Å²) < 4.78 is 1.25. The largest absolute Gasteiger partial charge is 0.369 e. The molecule has 0 aliphatic heterocycles. The zero-order valence-electron chi connectivity index (χ0n) is 11.3. The monoisotopic (exact) mass is 300 g/mol. The lowest BCUT2D eigenvalue weighted by Crippen LogP contribution is -2.30. The second-order valence-electron chi connectivity index (χ2n) is 4.36. The molecule has 0 fully saturated rings. The van der Waals surface area contributed by atoms with Gasteiger partial charge >= 0.3 is 0 Å². The fourth-order valence-electron chi connectivity index (χ4n) is 1.82. The molecular weight excluding hydrogens is 288 g/mol. The van der Waals surface area contributed by atoms with Gasteiger partial charge in [0.2, 0.25) is 11.9 Å². The zero-order chi connectivity index (χ0) is 15.4. The topological polar surface area (TPSA) is 112 Å². The Kier molecular flexibility index (Phi) is 4.21. The van der Waals surface area contributed by atoms with Gasteiger partial charge in [0.25, 0.3) is 0 Å². The van der Waals surface area contributed by atoms with Gasteiger partial charge in [-0.2, -0.15) is 21.9 Å². The lowest BCUT2D eigenvalue weighted by molar-refractivity contribution is -0.131. The van der Waals surface area contributed by atoms with Crippen LogP contribution in [0.2, 0.25) is 0 Å². The summed E-state index contributed by atoms with van der Waals surface area (Å²) in [6, 6.07) is 5.58. The molecular formula is C13H12N6OS. The molecule has 2 aromatic rings. The van der Waals surface area contributed by atoms with Gasteiger partial charge in [-0.05, 0) is 22.4 Å². The first-order valence-corrected chi connectivity index (χ1v) is 6.92. The number of hydrogen-bond acceptors (Lipinski definition) is 6. The van der Waals surface area contributed by atoms with Crippen LogP contribution >= 0.6 is 11.3 Å². The van der Waals surface area contributed by atoms with Gasteiger partial charge in [-0.25, -0.2) is 4.98 Å². The van der Waals surface area contributed by atoms with Gasteiger partial charge in [0, 0.05) is 13.6 Å². The standard InChI is InChI=1S/C13H12N6OS/c1-18(6-9-2-3-21-8-9)12(20)7-19-11(5-15)10(4-14)17-13(19)16/h2-3,8H,6-7H2,1H3,(H2,16,17). The maximum absolute atomic E-state index is 12.2. The minimum absolute atomic E-state index is 0.00674. The molecule has 106 valence electrons. The Morgan fingerprint density at radius 1 is 1.52 bits per heavy atom. The van der Waals surface area contributed by atoms with Crippen molar-refractivity contribution in [3.05, 3.63) is 33.8 Å². The molecule has 0 unspecified atom stereocenters. The van der Waals surface area contributed by atoms with Crippen LogP contribution in [0, 0.1) is 22.7 Å². The number of hydrogen-bond donors (Lipinski definition) is 1. The molecule has 0 saturated heterocycles. The predicted octanol–water partition coefficient (Wildman–Crippen LogP) is 0.929. The number of anilines is 1. The van der Waals surface area contributed by atoms with Crippen molar-refractivity contribution in [3.8, 4) is 12.1 Å². The van der Waals surface area contributed by atoms with Crippen molar-refractivity contribution in [3.63, 3.8) is 0 Å². The molecule has 0 saturated carbocycles. The van der Waals surface area contributed by atoms with E-state index in [2.05, 4.69) is 4.98 Å². The van der Waals surface area contributed by atoms with Crippen molar-refractivity contribution in [2.24, 2.45) is 0 Å². The van der Waals surface area contributed by atoms with Crippen LogP contribution in [0.4, 0.5) is 5.95 Å². The van der Waals surface area contributed by atoms with E-state index >= 15 is 0 Å². The molecule has 2 heterocycles. The second-order valence-corrected chi connectivity index (χ2v) is 5.14. The Labute approximate surface area is 125 Å². The average molecular weight is 300 g/mol. The highest BCUT2D eigenvalue weighted by atomic mass is 32.1. The van der Waals surface area contributed by atoms with Crippen molar-refractivity contribution in [2.75, 3.05) is 12.8 Å². The van der Waals surface area contributed by atoms with E-state index in [-0.39, 0.29) is 29.8 Å². The molecule has 0 aromatic carbocycles. The van der Waals surface area contributed by atoms with Gasteiger partial charge in [-0.3, -0.25) is 9.36 Å². The smallest absolute Gasteiger partial charge is 0.242 e. The summed E-state index contributed by atoms with van der Waals surface area (Å²) in [6.07, 6.45) is 0. The molecule has 0 spiro atoms. The van der Waals surface area contributed by atoms with E-state index in [1.165, 1.54) is 9.47 Å². The van der Waals surface area contributed by atoms with Crippen LogP contribution in [0.25, 0.3) is 0 Å². The molecule has 21 heavy (non-hydrogen) atoms. The predicted molar refractivity (Wildman–Crippen MR) is 76.9 cm³/mol. The molecule has 0 aliphatic rings. The Hall–Kier alpha value is -2.84. The quantitative estimate of drug-likeness (QED) is 0.902. The minimum atomic E-state index is -0.216. The first-order chi connectivity index (χ1) is 10.1. The van der Waals surface area contributed by atoms with Crippen LogP contribution in [-0.4, -0.2) is 27.4 Å². The summed E-state index contributed by atoms with van der Waals surface area (Å²) >= 11 is 1.56. The number of likely N-dealkylation sites (N-methyl/N-ethyl adjacent to an activating group) is 1. The Balaban J connectivity index is 2.15. The fourth-order valence-corrected chi connectivity index (χ4v) is 2.48. The molecule has 8 heteroatoms. The van der Waals surface area contributed by atoms with Crippen LogP contribution in [0.3, 0.4) is 0 Å². The molecule has 0 radical (unpaired) electrons. The van der Waals surface area contributed by atoms with Crippen LogP contribution < -0.4 is 5.73 Å². The SMILES string of the molecule is CN(Cc1ccsc1)C(=O)Cn1c(N)nc(C#N)c1C#N.